The first kappa shape index (κ1) is 17.2. The van der Waals surface area contributed by atoms with Gasteiger partial charge in [0.1, 0.15) is 5.82 Å². The molecule has 1 aromatic heterocycles. The minimum Gasteiger partial charge on any atom is -0.381 e. The second-order valence-electron chi connectivity index (χ2n) is 6.91. The molecular formula is C19H22FN3O3. The maximum atomic E-state index is 13.6. The van der Waals surface area contributed by atoms with Crippen molar-refractivity contribution in [1.82, 2.24) is 14.8 Å². The maximum Gasteiger partial charge on any atom is 0.254 e. The zero-order valence-electron chi connectivity index (χ0n) is 14.5. The van der Waals surface area contributed by atoms with Gasteiger partial charge in [0.2, 0.25) is 5.56 Å². The summed E-state index contributed by atoms with van der Waals surface area (Å²) in [6.07, 6.45) is 2.07. The van der Waals surface area contributed by atoms with Crippen LogP contribution in [0.2, 0.25) is 0 Å². The van der Waals surface area contributed by atoms with Crippen molar-refractivity contribution in [2.24, 2.45) is 0 Å². The zero-order valence-corrected chi connectivity index (χ0v) is 14.5. The molecule has 2 aromatic rings. The number of hydrogen-bond acceptors (Lipinski definition) is 4. The van der Waals surface area contributed by atoms with Crippen molar-refractivity contribution in [3.8, 4) is 0 Å². The summed E-state index contributed by atoms with van der Waals surface area (Å²) in [5, 5.41) is 0.446. The predicted molar refractivity (Wildman–Crippen MR) is 95.8 cm³/mol. The summed E-state index contributed by atoms with van der Waals surface area (Å²) < 4.78 is 19.1. The van der Waals surface area contributed by atoms with E-state index in [4.69, 9.17) is 4.74 Å². The van der Waals surface area contributed by atoms with E-state index in [9.17, 15) is 14.0 Å². The van der Waals surface area contributed by atoms with Crippen molar-refractivity contribution in [2.45, 2.75) is 18.9 Å². The summed E-state index contributed by atoms with van der Waals surface area (Å²) in [7, 11) is 0. The highest BCUT2D eigenvalue weighted by molar-refractivity contribution is 6.06. The lowest BCUT2D eigenvalue weighted by Crippen LogP contribution is -2.53. The molecule has 1 N–H and O–H groups in total. The van der Waals surface area contributed by atoms with Crippen LogP contribution in [0.15, 0.2) is 29.1 Å². The number of nitrogens with one attached hydrogen (secondary N) is 1. The Labute approximate surface area is 150 Å². The van der Waals surface area contributed by atoms with E-state index < -0.39 is 5.82 Å². The number of piperazine rings is 1. The summed E-state index contributed by atoms with van der Waals surface area (Å²) in [6, 6.07) is 5.87. The Kier molecular flexibility index (Phi) is 4.74. The average molecular weight is 359 g/mol. The molecule has 3 heterocycles. The third kappa shape index (κ3) is 3.37. The third-order valence-corrected chi connectivity index (χ3v) is 5.34. The molecule has 2 saturated heterocycles. The van der Waals surface area contributed by atoms with E-state index in [-0.39, 0.29) is 17.0 Å². The number of carbonyl (C=O) groups excluding carboxylic acids is 1. The molecular weight excluding hydrogens is 337 g/mol. The quantitative estimate of drug-likeness (QED) is 0.885. The van der Waals surface area contributed by atoms with E-state index >= 15 is 0 Å². The number of carbonyl (C=O) groups is 1. The molecule has 26 heavy (non-hydrogen) atoms. The number of hydrogen-bond donors (Lipinski definition) is 1. The molecule has 0 saturated carbocycles. The van der Waals surface area contributed by atoms with Crippen molar-refractivity contribution < 1.29 is 13.9 Å². The second kappa shape index (κ2) is 7.17. The SMILES string of the molecule is O=C(c1cc(=O)[nH]c2ccc(F)cc12)N1CCN(C2CCOCC2)CC1. The number of aromatic nitrogens is 1. The van der Waals surface area contributed by atoms with Gasteiger partial charge in [0, 0.05) is 62.4 Å². The normalized spacial score (nSPS) is 19.8. The van der Waals surface area contributed by atoms with Crippen molar-refractivity contribution in [3.05, 3.63) is 46.0 Å². The molecule has 7 heteroatoms. The van der Waals surface area contributed by atoms with Gasteiger partial charge in [0.05, 0.1) is 5.56 Å². The number of halogens is 1. The van der Waals surface area contributed by atoms with Crippen LogP contribution in [0.3, 0.4) is 0 Å². The second-order valence-corrected chi connectivity index (χ2v) is 6.91. The number of pyridine rings is 1. The van der Waals surface area contributed by atoms with Crippen LogP contribution in [-0.2, 0) is 4.74 Å². The molecule has 4 rings (SSSR count). The zero-order chi connectivity index (χ0) is 18.1. The van der Waals surface area contributed by atoms with Crippen LogP contribution in [0.5, 0.6) is 0 Å². The Morgan fingerprint density at radius 3 is 2.58 bits per heavy atom. The monoisotopic (exact) mass is 359 g/mol. The summed E-state index contributed by atoms with van der Waals surface area (Å²) in [5.41, 5.74) is 0.388. The Bertz CT molecular complexity index is 868. The summed E-state index contributed by atoms with van der Waals surface area (Å²) in [5.74, 6) is -0.638. The Hall–Kier alpha value is -2.25. The number of H-pyrrole nitrogens is 1. The first-order valence-corrected chi connectivity index (χ1v) is 9.05. The molecule has 0 aliphatic carbocycles. The molecule has 0 radical (unpaired) electrons. The lowest BCUT2D eigenvalue weighted by molar-refractivity contribution is 0.0138. The summed E-state index contributed by atoms with van der Waals surface area (Å²) >= 11 is 0. The highest BCUT2D eigenvalue weighted by atomic mass is 19.1. The van der Waals surface area contributed by atoms with Gasteiger partial charge in [0.15, 0.2) is 0 Å². The Balaban J connectivity index is 1.53. The largest absolute Gasteiger partial charge is 0.381 e. The summed E-state index contributed by atoms with van der Waals surface area (Å²) in [4.78, 5) is 31.7. The number of benzene rings is 1. The van der Waals surface area contributed by atoms with E-state index in [2.05, 4.69) is 9.88 Å². The van der Waals surface area contributed by atoms with Gasteiger partial charge in [-0.2, -0.15) is 0 Å². The van der Waals surface area contributed by atoms with Crippen LogP contribution < -0.4 is 5.56 Å². The molecule has 0 bridgehead atoms. The number of aromatic amines is 1. The van der Waals surface area contributed by atoms with Crippen LogP contribution in [0.1, 0.15) is 23.2 Å². The van der Waals surface area contributed by atoms with Gasteiger partial charge in [-0.25, -0.2) is 4.39 Å². The molecule has 2 aliphatic rings. The maximum absolute atomic E-state index is 13.6. The fourth-order valence-electron chi connectivity index (χ4n) is 3.91. The van der Waals surface area contributed by atoms with Gasteiger partial charge in [-0.15, -0.1) is 0 Å². The van der Waals surface area contributed by atoms with E-state index in [0.29, 0.717) is 30.0 Å². The minimum absolute atomic E-state index is 0.210. The van der Waals surface area contributed by atoms with Crippen LogP contribution in [0.4, 0.5) is 4.39 Å². The minimum atomic E-state index is -0.428. The number of rotatable bonds is 2. The van der Waals surface area contributed by atoms with Gasteiger partial charge in [-0.05, 0) is 31.0 Å². The van der Waals surface area contributed by atoms with Crippen LogP contribution >= 0.6 is 0 Å². The predicted octanol–water partition coefficient (Wildman–Crippen LogP) is 1.60. The van der Waals surface area contributed by atoms with Crippen molar-refractivity contribution in [3.63, 3.8) is 0 Å². The van der Waals surface area contributed by atoms with Gasteiger partial charge in [-0.1, -0.05) is 0 Å². The highest BCUT2D eigenvalue weighted by Gasteiger charge is 2.28. The summed E-state index contributed by atoms with van der Waals surface area (Å²) in [6.45, 7) is 4.44. The van der Waals surface area contributed by atoms with Crippen LogP contribution in [0.25, 0.3) is 10.9 Å². The number of nitrogens with zero attached hydrogens (tertiary/aromatic N) is 2. The van der Waals surface area contributed by atoms with Gasteiger partial charge in [-0.3, -0.25) is 14.5 Å². The average Bonchev–Trinajstić information content (AvgIpc) is 2.68. The molecule has 0 spiro atoms. The molecule has 1 amide bonds. The molecule has 138 valence electrons. The lowest BCUT2D eigenvalue weighted by atomic mass is 10.0. The third-order valence-electron chi connectivity index (χ3n) is 5.34. The van der Waals surface area contributed by atoms with E-state index in [1.54, 1.807) is 4.90 Å². The first-order chi connectivity index (χ1) is 12.6. The Morgan fingerprint density at radius 1 is 1.12 bits per heavy atom. The van der Waals surface area contributed by atoms with Gasteiger partial charge < -0.3 is 14.6 Å². The first-order valence-electron chi connectivity index (χ1n) is 9.05. The molecule has 6 nitrogen and oxygen atoms in total. The fourth-order valence-corrected chi connectivity index (χ4v) is 3.91. The number of ether oxygens (including phenoxy) is 1. The highest BCUT2D eigenvalue weighted by Crippen LogP contribution is 2.21. The van der Waals surface area contributed by atoms with Crippen molar-refractivity contribution in [2.75, 3.05) is 39.4 Å². The van der Waals surface area contributed by atoms with E-state index in [1.807, 2.05) is 0 Å². The van der Waals surface area contributed by atoms with Crippen LogP contribution in [0, 0.1) is 5.82 Å². The Morgan fingerprint density at radius 2 is 1.85 bits per heavy atom. The van der Waals surface area contributed by atoms with Crippen molar-refractivity contribution in [1.29, 1.82) is 0 Å². The van der Waals surface area contributed by atoms with Gasteiger partial charge >= 0.3 is 0 Å². The molecule has 1 aromatic carbocycles. The molecule has 0 atom stereocenters. The topological polar surface area (TPSA) is 65.6 Å². The molecule has 0 unspecified atom stereocenters. The number of fused-ring (bicyclic) bond motifs is 1. The smallest absolute Gasteiger partial charge is 0.254 e. The van der Waals surface area contributed by atoms with Crippen molar-refractivity contribution >= 4 is 16.8 Å². The molecule has 2 fully saturated rings. The number of amides is 1. The van der Waals surface area contributed by atoms with E-state index in [0.717, 1.165) is 39.1 Å². The fraction of sp³-hybridized carbons (Fsp3) is 0.474. The van der Waals surface area contributed by atoms with Crippen LogP contribution in [-0.4, -0.2) is 66.1 Å². The van der Waals surface area contributed by atoms with E-state index in [1.165, 1.54) is 24.3 Å². The lowest BCUT2D eigenvalue weighted by Gasteiger charge is -2.40. The molecule has 2 aliphatic heterocycles. The standard InChI is InChI=1S/C19H22FN3O3/c20-13-1-2-17-15(11-13)16(12-18(24)21-17)19(25)23-7-5-22(6-8-23)14-3-9-26-10-4-14/h1-2,11-12,14H,3-10H2,(H,21,24). The van der Waals surface area contributed by atoms with Gasteiger partial charge in [0.25, 0.3) is 5.91 Å².